The van der Waals surface area contributed by atoms with Crippen molar-refractivity contribution in [2.24, 2.45) is 0 Å². The van der Waals surface area contributed by atoms with Gasteiger partial charge in [-0.15, -0.1) is 0 Å². The van der Waals surface area contributed by atoms with Crippen LogP contribution < -0.4 is 34.9 Å². The number of unbranched alkanes of at least 4 members (excludes halogenated alkanes) is 9. The summed E-state index contributed by atoms with van der Waals surface area (Å²) in [6, 6.07) is 0. The quantitative estimate of drug-likeness (QED) is 0.303. The molecule has 6 heteroatoms. The van der Waals surface area contributed by atoms with Gasteiger partial charge in [0.1, 0.15) is 10.1 Å². The number of hydrogen-bond donors (Lipinski definition) is 1. The van der Waals surface area contributed by atoms with Crippen LogP contribution in [0, 0.1) is 0 Å². The average molecular weight is 315 g/mol. The Morgan fingerprint density at radius 3 is 1.70 bits per heavy atom. The molecule has 0 amide bonds. The third-order valence-electron chi connectivity index (χ3n) is 3.40. The Labute approximate surface area is 147 Å². The molecule has 0 aliphatic carbocycles. The van der Waals surface area contributed by atoms with Crippen LogP contribution in [0.2, 0.25) is 0 Å². The zero-order valence-corrected chi connectivity index (χ0v) is 16.3. The van der Waals surface area contributed by atoms with Gasteiger partial charge in [0.05, 0.1) is 5.37 Å². The predicted molar refractivity (Wildman–Crippen MR) is 79.0 cm³/mol. The maximum Gasteiger partial charge on any atom is 1.00 e. The van der Waals surface area contributed by atoms with E-state index in [2.05, 4.69) is 12.2 Å². The van der Waals surface area contributed by atoms with Gasteiger partial charge < -0.3 is 9.87 Å². The molecule has 0 aromatic carbocycles. The zero-order chi connectivity index (χ0) is 14.6. The van der Waals surface area contributed by atoms with E-state index >= 15 is 0 Å². The molecule has 0 aromatic rings. The molecule has 0 aliphatic heterocycles. The molecule has 20 heavy (non-hydrogen) atoms. The second kappa shape index (κ2) is 14.8. The SMILES string of the molecule is CCCCCCCCCCCCNC(C)S(=O)(=O)[O-].[Na+]. The summed E-state index contributed by atoms with van der Waals surface area (Å²) < 4.78 is 31.9. The van der Waals surface area contributed by atoms with Crippen LogP contribution in [0.5, 0.6) is 0 Å². The van der Waals surface area contributed by atoms with E-state index in [4.69, 9.17) is 0 Å². The Balaban J connectivity index is 0. The molecule has 1 unspecified atom stereocenters. The molecule has 0 spiro atoms. The maximum absolute atomic E-state index is 10.6. The van der Waals surface area contributed by atoms with E-state index in [0.29, 0.717) is 6.54 Å². The van der Waals surface area contributed by atoms with Crippen molar-refractivity contribution >= 4 is 10.1 Å². The van der Waals surface area contributed by atoms with E-state index in [9.17, 15) is 13.0 Å². The van der Waals surface area contributed by atoms with Gasteiger partial charge in [-0.3, -0.25) is 0 Å². The Kier molecular flexibility index (Phi) is 17.1. The molecule has 0 bridgehead atoms. The molecule has 4 nitrogen and oxygen atoms in total. The van der Waals surface area contributed by atoms with E-state index in [1.807, 2.05) is 0 Å². The first kappa shape index (κ1) is 23.1. The maximum atomic E-state index is 10.6. The van der Waals surface area contributed by atoms with E-state index in [1.54, 1.807) is 0 Å². The van der Waals surface area contributed by atoms with Crippen molar-refractivity contribution in [2.45, 2.75) is 83.4 Å². The monoisotopic (exact) mass is 315 g/mol. The topological polar surface area (TPSA) is 69.2 Å². The van der Waals surface area contributed by atoms with Crippen LogP contribution >= 0.6 is 0 Å². The van der Waals surface area contributed by atoms with Crippen molar-refractivity contribution in [3.05, 3.63) is 0 Å². The molecule has 0 aromatic heterocycles. The zero-order valence-electron chi connectivity index (χ0n) is 13.5. The van der Waals surface area contributed by atoms with E-state index in [-0.39, 0.29) is 29.6 Å². The van der Waals surface area contributed by atoms with Crippen LogP contribution in [0.4, 0.5) is 0 Å². The summed E-state index contributed by atoms with van der Waals surface area (Å²) in [4.78, 5) is 0. The predicted octanol–water partition coefficient (Wildman–Crippen LogP) is 0.392. The first-order chi connectivity index (χ1) is 8.98. The van der Waals surface area contributed by atoms with Crippen LogP contribution in [-0.2, 0) is 10.1 Å². The molecule has 0 radical (unpaired) electrons. The summed E-state index contributed by atoms with van der Waals surface area (Å²) in [6.07, 6.45) is 12.5. The van der Waals surface area contributed by atoms with Crippen molar-refractivity contribution in [2.75, 3.05) is 6.54 Å². The van der Waals surface area contributed by atoms with Gasteiger partial charge in [-0.2, -0.15) is 0 Å². The van der Waals surface area contributed by atoms with Gasteiger partial charge in [0, 0.05) is 0 Å². The Bertz CT molecular complexity index is 297. The average Bonchev–Trinajstić information content (AvgIpc) is 2.34. The van der Waals surface area contributed by atoms with Gasteiger partial charge in [0.25, 0.3) is 0 Å². The molecule has 0 fully saturated rings. The molecule has 0 rings (SSSR count). The van der Waals surface area contributed by atoms with Gasteiger partial charge in [0.15, 0.2) is 0 Å². The first-order valence-corrected chi connectivity index (χ1v) is 9.13. The molecule has 0 heterocycles. The second-order valence-corrected chi connectivity index (χ2v) is 6.96. The fraction of sp³-hybridized carbons (Fsp3) is 1.00. The Morgan fingerprint density at radius 2 is 1.30 bits per heavy atom. The van der Waals surface area contributed by atoms with Gasteiger partial charge >= 0.3 is 29.6 Å². The van der Waals surface area contributed by atoms with E-state index < -0.39 is 15.5 Å². The van der Waals surface area contributed by atoms with Gasteiger partial charge in [0.2, 0.25) is 0 Å². The molecular formula is C14H30NNaO3S. The van der Waals surface area contributed by atoms with Crippen LogP contribution in [0.3, 0.4) is 0 Å². The Hall–Kier alpha value is 0.870. The fourth-order valence-corrected chi connectivity index (χ4v) is 2.34. The van der Waals surface area contributed by atoms with Crippen LogP contribution in [0.1, 0.15) is 78.1 Å². The van der Waals surface area contributed by atoms with Crippen molar-refractivity contribution in [1.82, 2.24) is 5.32 Å². The second-order valence-electron chi connectivity index (χ2n) is 5.27. The summed E-state index contributed by atoms with van der Waals surface area (Å²) in [5.41, 5.74) is 0. The Morgan fingerprint density at radius 1 is 0.900 bits per heavy atom. The third-order valence-corrected chi connectivity index (χ3v) is 4.43. The van der Waals surface area contributed by atoms with Crippen molar-refractivity contribution < 1.29 is 42.5 Å². The van der Waals surface area contributed by atoms with Gasteiger partial charge in [-0.1, -0.05) is 64.7 Å². The normalized spacial score (nSPS) is 12.9. The molecule has 0 saturated heterocycles. The summed E-state index contributed by atoms with van der Waals surface area (Å²) >= 11 is 0. The molecule has 0 aliphatic rings. The third kappa shape index (κ3) is 15.3. The molecular weight excluding hydrogens is 285 g/mol. The first-order valence-electron chi connectivity index (χ1n) is 7.66. The fourth-order valence-electron chi connectivity index (χ4n) is 2.02. The minimum Gasteiger partial charge on any atom is -0.747 e. The van der Waals surface area contributed by atoms with Crippen molar-refractivity contribution in [1.29, 1.82) is 0 Å². The van der Waals surface area contributed by atoms with E-state index in [0.717, 1.165) is 12.8 Å². The minimum absolute atomic E-state index is 0. The smallest absolute Gasteiger partial charge is 0.747 e. The largest absolute Gasteiger partial charge is 1.00 e. The number of nitrogens with one attached hydrogen (secondary N) is 1. The van der Waals surface area contributed by atoms with Crippen LogP contribution in [-0.4, -0.2) is 24.9 Å². The molecule has 0 saturated carbocycles. The molecule has 116 valence electrons. The van der Waals surface area contributed by atoms with Gasteiger partial charge in [-0.05, 0) is 19.9 Å². The number of rotatable bonds is 13. The summed E-state index contributed by atoms with van der Waals surface area (Å²) in [7, 11) is -4.18. The standard InChI is InChI=1S/C14H31NO3S.Na/c1-3-4-5-6-7-8-9-10-11-12-13-15-14(2)19(16,17)18;/h14-15H,3-13H2,1-2H3,(H,16,17,18);/q;+1/p-1. The summed E-state index contributed by atoms with van der Waals surface area (Å²) in [5, 5.41) is 1.78. The summed E-state index contributed by atoms with van der Waals surface area (Å²) in [6.45, 7) is 4.24. The van der Waals surface area contributed by atoms with Gasteiger partial charge in [-0.25, -0.2) is 8.42 Å². The van der Waals surface area contributed by atoms with Crippen molar-refractivity contribution in [3.8, 4) is 0 Å². The minimum atomic E-state index is -4.18. The van der Waals surface area contributed by atoms with Crippen molar-refractivity contribution in [3.63, 3.8) is 0 Å². The molecule has 1 N–H and O–H groups in total. The number of hydrogen-bond acceptors (Lipinski definition) is 4. The van der Waals surface area contributed by atoms with E-state index in [1.165, 1.54) is 58.3 Å². The summed E-state index contributed by atoms with van der Waals surface area (Å²) in [5.74, 6) is 0. The van der Waals surface area contributed by atoms with Crippen LogP contribution in [0.25, 0.3) is 0 Å². The van der Waals surface area contributed by atoms with Crippen LogP contribution in [0.15, 0.2) is 0 Å². The molecule has 1 atom stereocenters.